The van der Waals surface area contributed by atoms with Crippen LogP contribution in [0, 0.1) is 19.8 Å². The second-order valence-electron chi connectivity index (χ2n) is 6.80. The molecule has 1 aliphatic heterocycles. The Labute approximate surface area is 126 Å². The molecule has 2 aliphatic rings. The van der Waals surface area contributed by atoms with E-state index >= 15 is 0 Å². The van der Waals surface area contributed by atoms with Crippen molar-refractivity contribution in [2.45, 2.75) is 58.5 Å². The minimum Gasteiger partial charge on any atom is -0.310 e. The second-order valence-corrected chi connectivity index (χ2v) is 8.04. The highest BCUT2D eigenvalue weighted by atomic mass is 32.1. The fourth-order valence-corrected chi connectivity index (χ4v) is 4.65. The lowest BCUT2D eigenvalue weighted by Gasteiger charge is -2.36. The third-order valence-electron chi connectivity index (χ3n) is 5.03. The largest absolute Gasteiger partial charge is 0.310 e. The van der Waals surface area contributed by atoms with Gasteiger partial charge in [-0.25, -0.2) is 4.98 Å². The molecule has 0 amide bonds. The minimum atomic E-state index is 0.318. The van der Waals surface area contributed by atoms with Gasteiger partial charge >= 0.3 is 0 Å². The predicted molar refractivity (Wildman–Crippen MR) is 85.3 cm³/mol. The Balaban J connectivity index is 1.79. The van der Waals surface area contributed by atoms with Gasteiger partial charge in [0.1, 0.15) is 0 Å². The van der Waals surface area contributed by atoms with E-state index in [4.69, 9.17) is 0 Å². The Kier molecular flexibility index (Phi) is 3.91. The normalized spacial score (nSPS) is 30.2. The van der Waals surface area contributed by atoms with E-state index in [1.807, 2.05) is 11.3 Å². The molecule has 2 atom stereocenters. The average molecular weight is 293 g/mol. The molecular formula is C16H27N3S. The molecule has 1 aromatic heterocycles. The van der Waals surface area contributed by atoms with Gasteiger partial charge in [-0.1, -0.05) is 0 Å². The summed E-state index contributed by atoms with van der Waals surface area (Å²) < 4.78 is 0. The molecule has 1 aromatic rings. The van der Waals surface area contributed by atoms with Crippen LogP contribution in [0.25, 0.3) is 0 Å². The molecule has 2 heterocycles. The van der Waals surface area contributed by atoms with Gasteiger partial charge in [0.25, 0.3) is 0 Å². The number of hydrogen-bond acceptors (Lipinski definition) is 4. The van der Waals surface area contributed by atoms with Crippen LogP contribution in [0.2, 0.25) is 0 Å². The van der Waals surface area contributed by atoms with Crippen molar-refractivity contribution >= 4 is 11.3 Å². The van der Waals surface area contributed by atoms with Gasteiger partial charge in [-0.2, -0.15) is 0 Å². The predicted octanol–water partition coefficient (Wildman–Crippen LogP) is 3.28. The van der Waals surface area contributed by atoms with Crippen LogP contribution >= 0.6 is 11.3 Å². The van der Waals surface area contributed by atoms with E-state index in [9.17, 15) is 0 Å². The Morgan fingerprint density at radius 3 is 2.75 bits per heavy atom. The zero-order chi connectivity index (χ0) is 14.3. The summed E-state index contributed by atoms with van der Waals surface area (Å²) in [5.41, 5.74) is 1.55. The lowest BCUT2D eigenvalue weighted by Crippen LogP contribution is -2.51. The zero-order valence-electron chi connectivity index (χ0n) is 13.2. The number of nitrogens with one attached hydrogen (secondary N) is 1. The lowest BCUT2D eigenvalue weighted by atomic mass is 9.94. The SMILES string of the molecule is Cc1nc(C)c(C(C)N2CCCNC(C)(C3CC3)C2)s1. The highest BCUT2D eigenvalue weighted by molar-refractivity contribution is 7.11. The van der Waals surface area contributed by atoms with Crippen molar-refractivity contribution in [3.8, 4) is 0 Å². The number of rotatable bonds is 3. The standard InChI is InChI=1S/C16H27N3S/c1-11-15(20-13(3)18-11)12(2)19-9-5-8-17-16(4,10-19)14-6-7-14/h12,14,17H,5-10H2,1-4H3. The van der Waals surface area contributed by atoms with E-state index in [0.717, 1.165) is 12.5 Å². The summed E-state index contributed by atoms with van der Waals surface area (Å²) >= 11 is 1.87. The van der Waals surface area contributed by atoms with Crippen molar-refractivity contribution in [1.29, 1.82) is 0 Å². The van der Waals surface area contributed by atoms with E-state index in [-0.39, 0.29) is 0 Å². The fraction of sp³-hybridized carbons (Fsp3) is 0.812. The van der Waals surface area contributed by atoms with E-state index in [0.29, 0.717) is 11.6 Å². The molecular weight excluding hydrogens is 266 g/mol. The van der Waals surface area contributed by atoms with Crippen LogP contribution in [0.3, 0.4) is 0 Å². The smallest absolute Gasteiger partial charge is 0.0900 e. The van der Waals surface area contributed by atoms with Crippen LogP contribution in [0.4, 0.5) is 0 Å². The summed E-state index contributed by atoms with van der Waals surface area (Å²) in [6, 6.07) is 0.499. The summed E-state index contributed by atoms with van der Waals surface area (Å²) in [6.07, 6.45) is 4.07. The molecule has 1 aliphatic carbocycles. The highest BCUT2D eigenvalue weighted by Crippen LogP contribution is 2.42. The van der Waals surface area contributed by atoms with E-state index < -0.39 is 0 Å². The molecule has 4 heteroatoms. The maximum atomic E-state index is 4.61. The number of nitrogens with zero attached hydrogens (tertiary/aromatic N) is 2. The average Bonchev–Trinajstić information content (AvgIpc) is 3.19. The molecule has 3 rings (SSSR count). The molecule has 0 bridgehead atoms. The van der Waals surface area contributed by atoms with Crippen LogP contribution in [-0.4, -0.2) is 35.1 Å². The summed E-state index contributed by atoms with van der Waals surface area (Å²) in [6.45, 7) is 12.6. The van der Waals surface area contributed by atoms with Gasteiger partial charge in [0.05, 0.1) is 10.7 Å². The second kappa shape index (κ2) is 5.39. The van der Waals surface area contributed by atoms with Crippen molar-refractivity contribution in [2.75, 3.05) is 19.6 Å². The van der Waals surface area contributed by atoms with Crippen LogP contribution in [-0.2, 0) is 0 Å². The molecule has 0 spiro atoms. The monoisotopic (exact) mass is 293 g/mol. The van der Waals surface area contributed by atoms with Crippen LogP contribution < -0.4 is 5.32 Å². The molecule has 1 saturated heterocycles. The van der Waals surface area contributed by atoms with Crippen LogP contribution in [0.1, 0.15) is 54.7 Å². The summed E-state index contributed by atoms with van der Waals surface area (Å²) in [4.78, 5) is 8.75. The quantitative estimate of drug-likeness (QED) is 0.927. The van der Waals surface area contributed by atoms with Crippen LogP contribution in [0.5, 0.6) is 0 Å². The maximum Gasteiger partial charge on any atom is 0.0900 e. The fourth-order valence-electron chi connectivity index (χ4n) is 3.64. The summed E-state index contributed by atoms with van der Waals surface area (Å²) in [7, 11) is 0. The van der Waals surface area contributed by atoms with Crippen molar-refractivity contribution in [3.05, 3.63) is 15.6 Å². The van der Waals surface area contributed by atoms with Gasteiger partial charge in [-0.3, -0.25) is 4.90 Å². The van der Waals surface area contributed by atoms with E-state index in [2.05, 4.69) is 42.9 Å². The van der Waals surface area contributed by atoms with Gasteiger partial charge in [0.2, 0.25) is 0 Å². The molecule has 1 saturated carbocycles. The summed E-state index contributed by atoms with van der Waals surface area (Å²) in [5.74, 6) is 0.889. The van der Waals surface area contributed by atoms with Crippen molar-refractivity contribution in [3.63, 3.8) is 0 Å². The van der Waals surface area contributed by atoms with Crippen molar-refractivity contribution in [2.24, 2.45) is 5.92 Å². The molecule has 3 nitrogen and oxygen atoms in total. The maximum absolute atomic E-state index is 4.61. The summed E-state index contributed by atoms with van der Waals surface area (Å²) in [5, 5.41) is 5.02. The van der Waals surface area contributed by atoms with Gasteiger partial charge in [0.15, 0.2) is 0 Å². The first-order valence-electron chi connectivity index (χ1n) is 7.92. The van der Waals surface area contributed by atoms with Gasteiger partial charge in [-0.15, -0.1) is 11.3 Å². The minimum absolute atomic E-state index is 0.318. The van der Waals surface area contributed by atoms with Crippen molar-refractivity contribution in [1.82, 2.24) is 15.2 Å². The number of aryl methyl sites for hydroxylation is 2. The number of thiazole rings is 1. The third-order valence-corrected chi connectivity index (χ3v) is 6.27. The molecule has 0 radical (unpaired) electrons. The molecule has 2 unspecified atom stereocenters. The molecule has 0 aromatic carbocycles. The zero-order valence-corrected chi connectivity index (χ0v) is 14.0. The van der Waals surface area contributed by atoms with Crippen LogP contribution in [0.15, 0.2) is 0 Å². The molecule has 20 heavy (non-hydrogen) atoms. The number of hydrogen-bond donors (Lipinski definition) is 1. The third kappa shape index (κ3) is 2.78. The topological polar surface area (TPSA) is 28.2 Å². The molecule has 1 N–H and O–H groups in total. The molecule has 2 fully saturated rings. The first-order valence-corrected chi connectivity index (χ1v) is 8.74. The van der Waals surface area contributed by atoms with E-state index in [1.165, 1.54) is 47.9 Å². The number of aromatic nitrogens is 1. The Morgan fingerprint density at radius 2 is 2.15 bits per heavy atom. The van der Waals surface area contributed by atoms with Gasteiger partial charge in [-0.05, 0) is 59.4 Å². The lowest BCUT2D eigenvalue weighted by molar-refractivity contribution is 0.161. The van der Waals surface area contributed by atoms with Gasteiger partial charge in [0, 0.05) is 29.5 Å². The highest BCUT2D eigenvalue weighted by Gasteiger charge is 2.43. The Hall–Kier alpha value is -0.450. The molecule has 112 valence electrons. The van der Waals surface area contributed by atoms with Crippen molar-refractivity contribution < 1.29 is 0 Å². The first kappa shape index (κ1) is 14.5. The van der Waals surface area contributed by atoms with Gasteiger partial charge < -0.3 is 5.32 Å². The Bertz CT molecular complexity index is 480. The first-order chi connectivity index (χ1) is 9.49. The Morgan fingerprint density at radius 1 is 1.40 bits per heavy atom. The van der Waals surface area contributed by atoms with E-state index in [1.54, 1.807) is 0 Å².